The fraction of sp³-hybridized carbons (Fsp3) is 0.417. The minimum atomic E-state index is -2.14. The standard InChI is InChI=1S/C48H68Si5/c1-33(2)53(34(3)4,43-23-35-19-17-21-45(47(35)31-43)37-25-39(49(5,6)7)29-40(26-37)50(8,9)10)44-24-36-20-18-22-46(48(36)32-44)38-27-41(51(11,12)13)30-42(28-38)52(14,15)16/h17-22,25-34H,23-24H2,1-16H3. The average molecular weight is 786 g/mol. The second-order valence-corrected chi connectivity index (χ2v) is 46.9. The van der Waals surface area contributed by atoms with Crippen LogP contribution < -0.4 is 20.7 Å². The van der Waals surface area contributed by atoms with Crippen molar-refractivity contribution in [2.45, 2.75) is 130 Å². The zero-order chi connectivity index (χ0) is 39.1. The van der Waals surface area contributed by atoms with Crippen LogP contribution in [0.3, 0.4) is 0 Å². The summed E-state index contributed by atoms with van der Waals surface area (Å²) in [6.07, 6.45) is 7.63. The molecule has 0 spiro atoms. The summed E-state index contributed by atoms with van der Waals surface area (Å²) in [6.45, 7) is 40.3. The van der Waals surface area contributed by atoms with E-state index in [1.165, 1.54) is 44.5 Å². The van der Waals surface area contributed by atoms with Crippen molar-refractivity contribution in [2.24, 2.45) is 0 Å². The molecular weight excluding hydrogens is 717 g/mol. The van der Waals surface area contributed by atoms with Gasteiger partial charge in [-0.2, -0.15) is 0 Å². The second-order valence-electron chi connectivity index (χ2n) is 21.2. The number of benzene rings is 4. The molecular formula is C48H68Si5. The molecule has 0 nitrogen and oxygen atoms in total. The molecule has 0 atom stereocenters. The molecule has 0 fully saturated rings. The molecule has 4 aromatic rings. The molecule has 0 N–H and O–H groups in total. The van der Waals surface area contributed by atoms with Crippen LogP contribution in [-0.4, -0.2) is 40.4 Å². The van der Waals surface area contributed by atoms with Crippen LogP contribution in [0.1, 0.15) is 49.9 Å². The summed E-state index contributed by atoms with van der Waals surface area (Å²) in [5.41, 5.74) is 13.0. The lowest BCUT2D eigenvalue weighted by atomic mass is 9.97. The van der Waals surface area contributed by atoms with E-state index in [4.69, 9.17) is 0 Å². The van der Waals surface area contributed by atoms with Crippen molar-refractivity contribution >= 4 is 73.3 Å². The molecule has 6 rings (SSSR count). The van der Waals surface area contributed by atoms with Crippen molar-refractivity contribution in [3.63, 3.8) is 0 Å². The van der Waals surface area contributed by atoms with Crippen LogP contribution in [0.5, 0.6) is 0 Å². The molecule has 2 aliphatic rings. The maximum absolute atomic E-state index is 2.72. The van der Waals surface area contributed by atoms with E-state index in [1.54, 1.807) is 31.1 Å². The lowest BCUT2D eigenvalue weighted by Crippen LogP contribution is -2.46. The Balaban J connectivity index is 1.51. The molecule has 0 saturated heterocycles. The Bertz CT molecular complexity index is 1900. The summed E-state index contributed by atoms with van der Waals surface area (Å²) in [5, 5.41) is 9.88. The predicted octanol–water partition coefficient (Wildman–Crippen LogP) is 12.1. The fourth-order valence-corrected chi connectivity index (χ4v) is 20.9. The van der Waals surface area contributed by atoms with Crippen LogP contribution in [0.25, 0.3) is 34.4 Å². The lowest BCUT2D eigenvalue weighted by Gasteiger charge is -2.42. The normalized spacial score (nSPS) is 15.2. The van der Waals surface area contributed by atoms with Gasteiger partial charge < -0.3 is 0 Å². The fourth-order valence-electron chi connectivity index (χ4n) is 9.43. The molecule has 0 heterocycles. The van der Waals surface area contributed by atoms with Gasteiger partial charge in [-0.1, -0.05) is 222 Å². The van der Waals surface area contributed by atoms with Gasteiger partial charge in [0, 0.05) is 0 Å². The Hall–Kier alpha value is -2.56. The van der Waals surface area contributed by atoms with Crippen molar-refractivity contribution in [3.05, 3.63) is 105 Å². The molecule has 0 amide bonds. The average Bonchev–Trinajstić information content (AvgIpc) is 3.67. The molecule has 280 valence electrons. The van der Waals surface area contributed by atoms with Gasteiger partial charge in [-0.15, -0.1) is 0 Å². The quantitative estimate of drug-likeness (QED) is 0.141. The lowest BCUT2D eigenvalue weighted by molar-refractivity contribution is 0.896. The number of hydrogen-bond donors (Lipinski definition) is 0. The van der Waals surface area contributed by atoms with Crippen LogP contribution in [0, 0.1) is 0 Å². The molecule has 0 unspecified atom stereocenters. The number of fused-ring (bicyclic) bond motifs is 2. The number of rotatable bonds is 10. The topological polar surface area (TPSA) is 0 Å². The third-order valence-electron chi connectivity index (χ3n) is 12.6. The molecule has 2 aliphatic carbocycles. The van der Waals surface area contributed by atoms with Gasteiger partial charge in [-0.25, -0.2) is 0 Å². The molecule has 4 aromatic carbocycles. The van der Waals surface area contributed by atoms with E-state index in [9.17, 15) is 0 Å². The zero-order valence-electron chi connectivity index (χ0n) is 36.2. The Morgan fingerprint density at radius 3 is 0.981 bits per heavy atom. The molecule has 0 radical (unpaired) electrons. The summed E-state index contributed by atoms with van der Waals surface area (Å²) >= 11 is 0. The third-order valence-corrected chi connectivity index (χ3v) is 27.1. The minimum Gasteiger partial charge on any atom is -0.0704 e. The molecule has 53 heavy (non-hydrogen) atoms. The van der Waals surface area contributed by atoms with Crippen LogP contribution in [0.15, 0.2) is 83.2 Å². The van der Waals surface area contributed by atoms with E-state index in [-0.39, 0.29) is 0 Å². The summed E-state index contributed by atoms with van der Waals surface area (Å²) in [6, 6.07) is 29.8. The van der Waals surface area contributed by atoms with E-state index in [2.05, 4.69) is 191 Å². The smallest absolute Gasteiger partial charge is 0.0704 e. The van der Waals surface area contributed by atoms with Crippen LogP contribution in [0.2, 0.25) is 89.6 Å². The van der Waals surface area contributed by atoms with E-state index < -0.39 is 40.4 Å². The molecule has 0 saturated carbocycles. The van der Waals surface area contributed by atoms with Crippen molar-refractivity contribution < 1.29 is 0 Å². The van der Waals surface area contributed by atoms with E-state index in [0.717, 1.165) is 12.8 Å². The van der Waals surface area contributed by atoms with E-state index in [0.29, 0.717) is 11.1 Å². The molecule has 0 aliphatic heterocycles. The van der Waals surface area contributed by atoms with Gasteiger partial charge in [-0.05, 0) is 68.4 Å². The molecule has 5 heteroatoms. The van der Waals surface area contributed by atoms with Gasteiger partial charge in [0.15, 0.2) is 0 Å². The Morgan fingerprint density at radius 2 is 0.717 bits per heavy atom. The molecule has 0 bridgehead atoms. The van der Waals surface area contributed by atoms with Crippen molar-refractivity contribution in [1.82, 2.24) is 0 Å². The van der Waals surface area contributed by atoms with Crippen molar-refractivity contribution in [1.29, 1.82) is 0 Å². The van der Waals surface area contributed by atoms with E-state index >= 15 is 0 Å². The summed E-state index contributed by atoms with van der Waals surface area (Å²) in [4.78, 5) is 0. The van der Waals surface area contributed by atoms with Crippen molar-refractivity contribution in [3.8, 4) is 22.3 Å². The first-order valence-corrected chi connectivity index (χ1v) is 36.6. The van der Waals surface area contributed by atoms with Crippen molar-refractivity contribution in [2.75, 3.05) is 0 Å². The Morgan fingerprint density at radius 1 is 0.415 bits per heavy atom. The van der Waals surface area contributed by atoms with Crippen LogP contribution in [0.4, 0.5) is 0 Å². The van der Waals surface area contributed by atoms with Gasteiger partial charge in [0.25, 0.3) is 0 Å². The van der Waals surface area contributed by atoms with Crippen LogP contribution in [-0.2, 0) is 12.8 Å². The first-order chi connectivity index (χ1) is 24.4. The summed E-state index contributed by atoms with van der Waals surface area (Å²) < 4.78 is 0. The number of allylic oxidation sites excluding steroid dienone is 2. The third kappa shape index (κ3) is 7.55. The Kier molecular flexibility index (Phi) is 10.5. The highest BCUT2D eigenvalue weighted by Crippen LogP contribution is 2.52. The highest BCUT2D eigenvalue weighted by atomic mass is 28.3. The minimum absolute atomic E-state index is 0.609. The zero-order valence-corrected chi connectivity index (χ0v) is 41.2. The van der Waals surface area contributed by atoms with Gasteiger partial charge >= 0.3 is 0 Å². The first kappa shape index (κ1) is 40.1. The maximum atomic E-state index is 2.72. The van der Waals surface area contributed by atoms with Crippen LogP contribution >= 0.6 is 0 Å². The SMILES string of the molecule is CC(C)[Si](C1=Cc2c(cccc2-c2cc([Si](C)(C)C)cc([Si](C)(C)C)c2)C1)(C1=Cc2c(cccc2-c2cc([Si](C)(C)C)cc([Si](C)(C)C)c2)C1)C(C)C. The largest absolute Gasteiger partial charge is 0.114 e. The van der Waals surface area contributed by atoms with E-state index in [1.807, 2.05) is 0 Å². The van der Waals surface area contributed by atoms with Gasteiger partial charge in [0.2, 0.25) is 0 Å². The maximum Gasteiger partial charge on any atom is 0.114 e. The van der Waals surface area contributed by atoms with Gasteiger partial charge in [-0.3, -0.25) is 0 Å². The summed E-state index contributed by atoms with van der Waals surface area (Å²) in [5.74, 6) is 0. The monoisotopic (exact) mass is 784 g/mol. The highest BCUT2D eigenvalue weighted by molar-refractivity contribution is 6.96. The van der Waals surface area contributed by atoms with Gasteiger partial charge in [0.05, 0.1) is 32.3 Å². The molecule has 0 aromatic heterocycles. The summed E-state index contributed by atoms with van der Waals surface area (Å²) in [7, 11) is -8.14. The second kappa shape index (κ2) is 13.9. The Labute approximate surface area is 329 Å². The number of hydrogen-bond acceptors (Lipinski definition) is 0. The van der Waals surface area contributed by atoms with Gasteiger partial charge in [0.1, 0.15) is 8.07 Å². The first-order valence-electron chi connectivity index (χ1n) is 20.4. The predicted molar refractivity (Wildman–Crippen MR) is 255 cm³/mol. The highest BCUT2D eigenvalue weighted by Gasteiger charge is 2.48.